The van der Waals surface area contributed by atoms with Gasteiger partial charge >= 0.3 is 0 Å². The quantitative estimate of drug-likeness (QED) is 0.602. The van der Waals surface area contributed by atoms with Gasteiger partial charge in [-0.05, 0) is 26.0 Å². The van der Waals surface area contributed by atoms with E-state index < -0.39 is 5.91 Å². The second-order valence-corrected chi connectivity index (χ2v) is 8.63. The molecule has 0 spiro atoms. The Morgan fingerprint density at radius 2 is 1.97 bits per heavy atom. The number of aliphatic hydroxyl groups excluding tert-OH is 1. The third-order valence-corrected chi connectivity index (χ3v) is 6.39. The Morgan fingerprint density at radius 3 is 2.63 bits per heavy atom. The van der Waals surface area contributed by atoms with E-state index in [9.17, 15) is 19.5 Å². The monoisotopic (exact) mass is 485 g/mol. The number of rotatable bonds is 7. The minimum Gasteiger partial charge on any atom is -0.476 e. The summed E-state index contributed by atoms with van der Waals surface area (Å²) in [5.41, 5.74) is 0.730. The highest BCUT2D eigenvalue weighted by Gasteiger charge is 2.34. The molecule has 4 heterocycles. The fraction of sp³-hybridized carbons (Fsp3) is 0.500. The molecule has 188 valence electrons. The third kappa shape index (κ3) is 4.95. The van der Waals surface area contributed by atoms with Gasteiger partial charge in [0.25, 0.3) is 11.8 Å². The van der Waals surface area contributed by atoms with Crippen LogP contribution in [0, 0.1) is 0 Å². The van der Waals surface area contributed by atoms with Gasteiger partial charge in [-0.3, -0.25) is 14.4 Å². The molecule has 0 bridgehead atoms. The van der Waals surface area contributed by atoms with Crippen molar-refractivity contribution in [3.63, 3.8) is 0 Å². The second kappa shape index (κ2) is 10.3. The van der Waals surface area contributed by atoms with Crippen molar-refractivity contribution in [3.8, 4) is 5.88 Å². The number of amides is 3. The Balaban J connectivity index is 1.53. The van der Waals surface area contributed by atoms with Crippen LogP contribution in [0.2, 0.25) is 0 Å². The zero-order valence-electron chi connectivity index (χ0n) is 20.2. The van der Waals surface area contributed by atoms with Crippen molar-refractivity contribution in [2.45, 2.75) is 33.2 Å². The number of aliphatic hydroxyl groups is 1. The molecule has 2 aliphatic rings. The number of furan rings is 1. The predicted octanol–water partition coefficient (Wildman–Crippen LogP) is 1.37. The first-order chi connectivity index (χ1) is 16.8. The summed E-state index contributed by atoms with van der Waals surface area (Å²) in [6.07, 6.45) is 1.76. The normalized spacial score (nSPS) is 16.7. The smallest absolute Gasteiger partial charge is 0.259 e. The predicted molar refractivity (Wildman–Crippen MR) is 128 cm³/mol. The summed E-state index contributed by atoms with van der Waals surface area (Å²) in [6, 6.07) is 3.15. The molecule has 3 amide bonds. The molecular formula is C24H31N5O6. The number of nitrogens with one attached hydrogen (secondary N) is 1. The highest BCUT2D eigenvalue weighted by molar-refractivity contribution is 6.13. The van der Waals surface area contributed by atoms with Crippen LogP contribution in [0.25, 0.3) is 0 Å². The van der Waals surface area contributed by atoms with Gasteiger partial charge in [0, 0.05) is 46.1 Å². The van der Waals surface area contributed by atoms with Gasteiger partial charge < -0.3 is 34.3 Å². The molecular weight excluding hydrogens is 454 g/mol. The average Bonchev–Trinajstić information content (AvgIpc) is 3.30. The van der Waals surface area contributed by atoms with Crippen LogP contribution < -0.4 is 15.0 Å². The molecule has 4 rings (SSSR count). The molecule has 1 saturated heterocycles. The summed E-state index contributed by atoms with van der Waals surface area (Å²) in [7, 11) is 0. The van der Waals surface area contributed by atoms with E-state index in [4.69, 9.17) is 9.15 Å². The highest BCUT2D eigenvalue weighted by Crippen LogP contribution is 2.30. The Hall–Kier alpha value is -3.60. The van der Waals surface area contributed by atoms with Crippen molar-refractivity contribution >= 4 is 29.2 Å². The molecule has 2 N–H and O–H groups in total. The number of fused-ring (bicyclic) bond motifs is 1. The lowest BCUT2D eigenvalue weighted by molar-refractivity contribution is -0.129. The first-order valence-corrected chi connectivity index (χ1v) is 11.8. The van der Waals surface area contributed by atoms with E-state index in [0.717, 1.165) is 0 Å². The SMILES string of the molecule is CCOc1nc(N2CCN(C(C)=O)CC2)ccc1NC(=O)c1coc2c1C(=O)N(C(C)CO)CC2. The van der Waals surface area contributed by atoms with Crippen molar-refractivity contribution in [1.82, 2.24) is 14.8 Å². The minimum absolute atomic E-state index is 0.0551. The van der Waals surface area contributed by atoms with Crippen LogP contribution in [0.1, 0.15) is 47.2 Å². The van der Waals surface area contributed by atoms with Crippen LogP contribution in [0.15, 0.2) is 22.8 Å². The Bertz CT molecular complexity index is 1110. The fourth-order valence-electron chi connectivity index (χ4n) is 4.36. The Morgan fingerprint density at radius 1 is 1.23 bits per heavy atom. The van der Waals surface area contributed by atoms with Crippen LogP contribution >= 0.6 is 0 Å². The minimum atomic E-state index is -0.507. The maximum absolute atomic E-state index is 13.2. The molecule has 35 heavy (non-hydrogen) atoms. The van der Waals surface area contributed by atoms with Gasteiger partial charge in [-0.25, -0.2) is 0 Å². The summed E-state index contributed by atoms with van der Waals surface area (Å²) in [5, 5.41) is 12.3. The first-order valence-electron chi connectivity index (χ1n) is 11.8. The molecule has 1 unspecified atom stereocenters. The molecule has 0 saturated carbocycles. The zero-order valence-corrected chi connectivity index (χ0v) is 20.2. The zero-order chi connectivity index (χ0) is 25.1. The van der Waals surface area contributed by atoms with E-state index in [1.165, 1.54) is 6.26 Å². The molecule has 0 aliphatic carbocycles. The molecule has 1 atom stereocenters. The van der Waals surface area contributed by atoms with E-state index in [1.807, 2.05) is 6.92 Å². The van der Waals surface area contributed by atoms with E-state index in [2.05, 4.69) is 15.2 Å². The summed E-state index contributed by atoms with van der Waals surface area (Å²) in [6.45, 7) is 8.28. The molecule has 1 fully saturated rings. The topological polar surface area (TPSA) is 128 Å². The van der Waals surface area contributed by atoms with Gasteiger partial charge in [0.1, 0.15) is 23.5 Å². The largest absolute Gasteiger partial charge is 0.476 e. The molecule has 2 aliphatic heterocycles. The van der Waals surface area contributed by atoms with Gasteiger partial charge in [0.15, 0.2) is 0 Å². The number of ether oxygens (including phenoxy) is 1. The van der Waals surface area contributed by atoms with E-state index in [1.54, 1.807) is 35.8 Å². The number of carbonyl (C=O) groups excluding carboxylic acids is 3. The standard InChI is InChI=1S/C24H31N5O6/c1-4-34-23-18(5-6-20(26-23)28-11-9-27(10-12-28)16(3)31)25-22(32)17-14-35-19-7-8-29(15(2)13-30)24(33)21(17)19/h5-6,14-15,30H,4,7-13H2,1-3H3,(H,25,32). The van der Waals surface area contributed by atoms with Crippen LogP contribution in [-0.2, 0) is 11.2 Å². The lowest BCUT2D eigenvalue weighted by Crippen LogP contribution is -2.48. The van der Waals surface area contributed by atoms with Crippen molar-refractivity contribution in [2.75, 3.05) is 56.2 Å². The summed E-state index contributed by atoms with van der Waals surface area (Å²) >= 11 is 0. The number of aromatic nitrogens is 1. The fourth-order valence-corrected chi connectivity index (χ4v) is 4.36. The van der Waals surface area contributed by atoms with Crippen molar-refractivity contribution in [2.24, 2.45) is 0 Å². The molecule has 0 aromatic carbocycles. The first kappa shape index (κ1) is 24.5. The lowest BCUT2D eigenvalue weighted by Gasteiger charge is -2.35. The maximum Gasteiger partial charge on any atom is 0.259 e. The number of piperazine rings is 1. The van der Waals surface area contributed by atoms with Crippen molar-refractivity contribution in [1.29, 1.82) is 0 Å². The van der Waals surface area contributed by atoms with E-state index >= 15 is 0 Å². The summed E-state index contributed by atoms with van der Waals surface area (Å²) in [4.78, 5) is 47.8. The number of pyridine rings is 1. The number of hydrogen-bond donors (Lipinski definition) is 2. The van der Waals surface area contributed by atoms with Gasteiger partial charge in [-0.2, -0.15) is 4.98 Å². The van der Waals surface area contributed by atoms with Crippen molar-refractivity contribution < 1.29 is 28.6 Å². The van der Waals surface area contributed by atoms with Gasteiger partial charge in [0.05, 0.1) is 30.4 Å². The number of hydrogen-bond acceptors (Lipinski definition) is 8. The molecule has 2 aromatic heterocycles. The molecule has 2 aromatic rings. The lowest BCUT2D eigenvalue weighted by atomic mass is 10.0. The summed E-state index contributed by atoms with van der Waals surface area (Å²) < 4.78 is 11.2. The maximum atomic E-state index is 13.2. The van der Waals surface area contributed by atoms with Crippen LogP contribution in [0.4, 0.5) is 11.5 Å². The second-order valence-electron chi connectivity index (χ2n) is 8.63. The van der Waals surface area contributed by atoms with Crippen LogP contribution in [0.3, 0.4) is 0 Å². The number of nitrogens with zero attached hydrogens (tertiary/aromatic N) is 4. The van der Waals surface area contributed by atoms with Crippen LogP contribution in [0.5, 0.6) is 5.88 Å². The molecule has 11 heteroatoms. The molecule has 11 nitrogen and oxygen atoms in total. The number of carbonyl (C=O) groups is 3. The highest BCUT2D eigenvalue weighted by atomic mass is 16.5. The van der Waals surface area contributed by atoms with E-state index in [-0.39, 0.29) is 41.5 Å². The third-order valence-electron chi connectivity index (χ3n) is 6.39. The van der Waals surface area contributed by atoms with Gasteiger partial charge in [0.2, 0.25) is 11.8 Å². The Labute approximate surface area is 203 Å². The van der Waals surface area contributed by atoms with Crippen molar-refractivity contribution in [3.05, 3.63) is 35.3 Å². The molecule has 0 radical (unpaired) electrons. The van der Waals surface area contributed by atoms with E-state index in [0.29, 0.717) is 63.0 Å². The summed E-state index contributed by atoms with van der Waals surface area (Å²) in [5.74, 6) is 0.636. The van der Waals surface area contributed by atoms with Gasteiger partial charge in [-0.1, -0.05) is 0 Å². The Kier molecular flexibility index (Phi) is 7.25. The number of anilines is 2. The van der Waals surface area contributed by atoms with Gasteiger partial charge in [-0.15, -0.1) is 0 Å². The van der Waals surface area contributed by atoms with Crippen LogP contribution in [-0.4, -0.2) is 89.6 Å². The average molecular weight is 486 g/mol.